The Hall–Kier alpha value is -0.970. The van der Waals surface area contributed by atoms with E-state index in [0.29, 0.717) is 12.6 Å². The van der Waals surface area contributed by atoms with Crippen LogP contribution in [0, 0.1) is 5.82 Å². The number of nitrogens with zero attached hydrogens (tertiary/aromatic N) is 3. The lowest BCUT2D eigenvalue weighted by atomic mass is 10.0. The smallest absolute Gasteiger partial charge is 0.191 e. The van der Waals surface area contributed by atoms with E-state index in [1.54, 1.807) is 7.05 Å². The second-order valence-electron chi connectivity index (χ2n) is 8.16. The van der Waals surface area contributed by atoms with E-state index in [4.69, 9.17) is 4.74 Å². The van der Waals surface area contributed by atoms with E-state index in [1.807, 2.05) is 12.1 Å². The Balaban J connectivity index is 0.00000320. The second-order valence-corrected chi connectivity index (χ2v) is 8.16. The van der Waals surface area contributed by atoms with Crippen LogP contribution in [0.5, 0.6) is 0 Å². The lowest BCUT2D eigenvalue weighted by Gasteiger charge is -2.35. The molecule has 2 fully saturated rings. The average Bonchev–Trinajstić information content (AvgIpc) is 3.56. The van der Waals surface area contributed by atoms with Crippen LogP contribution in [-0.4, -0.2) is 80.8 Å². The van der Waals surface area contributed by atoms with Crippen LogP contribution in [0.1, 0.15) is 38.3 Å². The third kappa shape index (κ3) is 7.62. The molecule has 0 bridgehead atoms. The number of nitrogens with one attached hydrogen (secondary N) is 2. The molecule has 1 aromatic rings. The predicted molar refractivity (Wildman–Crippen MR) is 131 cm³/mol. The molecule has 0 aromatic heterocycles. The van der Waals surface area contributed by atoms with Crippen molar-refractivity contribution in [2.45, 2.75) is 44.8 Å². The number of guanidine groups is 1. The minimum absolute atomic E-state index is 0. The first kappa shape index (κ1) is 25.3. The average molecular weight is 533 g/mol. The molecule has 2 aliphatic rings. The van der Waals surface area contributed by atoms with Gasteiger partial charge in [0.15, 0.2) is 5.96 Å². The molecule has 6 nitrogen and oxygen atoms in total. The van der Waals surface area contributed by atoms with Crippen molar-refractivity contribution in [3.05, 3.63) is 35.6 Å². The number of aliphatic imine (C=N–C) groups is 1. The molecule has 2 N–H and O–H groups in total. The molecule has 8 heteroatoms. The highest BCUT2D eigenvalue weighted by Gasteiger charge is 2.30. The highest BCUT2D eigenvalue weighted by Crippen LogP contribution is 2.28. The molecule has 1 unspecified atom stereocenters. The van der Waals surface area contributed by atoms with E-state index < -0.39 is 0 Å². The van der Waals surface area contributed by atoms with Crippen LogP contribution in [0.2, 0.25) is 0 Å². The summed E-state index contributed by atoms with van der Waals surface area (Å²) >= 11 is 0. The highest BCUT2D eigenvalue weighted by molar-refractivity contribution is 14.0. The number of rotatable bonds is 9. The summed E-state index contributed by atoms with van der Waals surface area (Å²) in [6, 6.07) is 8.31. The zero-order chi connectivity index (χ0) is 20.6. The summed E-state index contributed by atoms with van der Waals surface area (Å²) in [5.74, 6) is 0.607. The normalized spacial score (nSPS) is 18.9. The van der Waals surface area contributed by atoms with Gasteiger partial charge in [0.25, 0.3) is 0 Å². The van der Waals surface area contributed by atoms with Gasteiger partial charge in [-0.15, -0.1) is 24.0 Å². The molecule has 1 saturated carbocycles. The van der Waals surface area contributed by atoms with Crippen molar-refractivity contribution >= 4 is 29.9 Å². The summed E-state index contributed by atoms with van der Waals surface area (Å²) < 4.78 is 18.9. The van der Waals surface area contributed by atoms with Gasteiger partial charge in [-0.1, -0.05) is 12.1 Å². The number of benzene rings is 1. The van der Waals surface area contributed by atoms with E-state index in [2.05, 4.69) is 39.3 Å². The summed E-state index contributed by atoms with van der Waals surface area (Å²) in [5, 5.41) is 6.92. The number of halogens is 2. The van der Waals surface area contributed by atoms with Crippen LogP contribution in [0.25, 0.3) is 0 Å². The van der Waals surface area contributed by atoms with Crippen LogP contribution < -0.4 is 10.6 Å². The Morgan fingerprint density at radius 3 is 2.43 bits per heavy atom. The summed E-state index contributed by atoms with van der Waals surface area (Å²) in [7, 11) is 1.80. The van der Waals surface area contributed by atoms with Crippen molar-refractivity contribution in [1.29, 1.82) is 0 Å². The van der Waals surface area contributed by atoms with Crippen LogP contribution in [0.3, 0.4) is 0 Å². The largest absolute Gasteiger partial charge is 0.379 e. The second kappa shape index (κ2) is 12.8. The maximum Gasteiger partial charge on any atom is 0.191 e. The minimum Gasteiger partial charge on any atom is -0.379 e. The zero-order valence-electron chi connectivity index (χ0n) is 18.4. The Morgan fingerprint density at radius 1 is 1.20 bits per heavy atom. The molecule has 3 rings (SSSR count). The van der Waals surface area contributed by atoms with Crippen molar-refractivity contribution in [1.82, 2.24) is 20.4 Å². The monoisotopic (exact) mass is 533 g/mol. The molecule has 1 atom stereocenters. The number of hydrogen-bond donors (Lipinski definition) is 2. The lowest BCUT2D eigenvalue weighted by molar-refractivity contribution is 0.0170. The van der Waals surface area contributed by atoms with Crippen LogP contribution in [0.4, 0.5) is 4.39 Å². The fourth-order valence-corrected chi connectivity index (χ4v) is 4.02. The SMILES string of the molecule is CN=C(NCCN(C(C)C)C1CC1)NCC(c1ccc(F)cc1)N1CCOCC1.I. The molecule has 0 spiro atoms. The van der Waals surface area contributed by atoms with E-state index in [9.17, 15) is 4.39 Å². The van der Waals surface area contributed by atoms with Gasteiger partial charge in [-0.3, -0.25) is 14.8 Å². The van der Waals surface area contributed by atoms with Gasteiger partial charge in [0, 0.05) is 51.9 Å². The van der Waals surface area contributed by atoms with E-state index in [-0.39, 0.29) is 35.8 Å². The van der Waals surface area contributed by atoms with Crippen LogP contribution in [0.15, 0.2) is 29.3 Å². The van der Waals surface area contributed by atoms with Crippen molar-refractivity contribution in [2.75, 3.05) is 53.0 Å². The van der Waals surface area contributed by atoms with Gasteiger partial charge < -0.3 is 15.4 Å². The Labute approximate surface area is 197 Å². The van der Waals surface area contributed by atoms with Crippen molar-refractivity contribution < 1.29 is 9.13 Å². The molecule has 0 radical (unpaired) electrons. The predicted octanol–water partition coefficient (Wildman–Crippen LogP) is 2.85. The molecule has 170 valence electrons. The Bertz CT molecular complexity index is 645. The minimum atomic E-state index is -0.203. The van der Waals surface area contributed by atoms with Crippen molar-refractivity contribution in [3.63, 3.8) is 0 Å². The van der Waals surface area contributed by atoms with Crippen LogP contribution in [-0.2, 0) is 4.74 Å². The maximum atomic E-state index is 13.4. The van der Waals surface area contributed by atoms with Crippen molar-refractivity contribution in [3.8, 4) is 0 Å². The molecule has 1 saturated heterocycles. The number of hydrogen-bond acceptors (Lipinski definition) is 4. The molecular formula is C22H37FIN5O. The van der Waals surface area contributed by atoms with Crippen LogP contribution >= 0.6 is 24.0 Å². The standard InChI is InChI=1S/C22H36FN5O.HI/c1-17(2)28(20-8-9-20)11-10-25-22(24-3)26-16-21(27-12-14-29-15-13-27)18-4-6-19(23)7-5-18;/h4-7,17,20-21H,8-16H2,1-3H3,(H2,24,25,26);1H. The van der Waals surface area contributed by atoms with Gasteiger partial charge >= 0.3 is 0 Å². The molecule has 1 aliphatic heterocycles. The Morgan fingerprint density at radius 2 is 1.87 bits per heavy atom. The third-order valence-electron chi connectivity index (χ3n) is 5.77. The Kier molecular flexibility index (Phi) is 10.8. The molecule has 1 heterocycles. The zero-order valence-corrected chi connectivity index (χ0v) is 20.8. The van der Waals surface area contributed by atoms with Crippen molar-refractivity contribution in [2.24, 2.45) is 4.99 Å². The molecule has 30 heavy (non-hydrogen) atoms. The van der Waals surface area contributed by atoms with Gasteiger partial charge in [0.1, 0.15) is 5.82 Å². The number of ether oxygens (including phenoxy) is 1. The van der Waals surface area contributed by atoms with Gasteiger partial charge in [-0.25, -0.2) is 4.39 Å². The molecule has 1 aromatic carbocycles. The highest BCUT2D eigenvalue weighted by atomic mass is 127. The van der Waals surface area contributed by atoms with E-state index >= 15 is 0 Å². The molecule has 0 amide bonds. The first-order valence-corrected chi connectivity index (χ1v) is 10.9. The fourth-order valence-electron chi connectivity index (χ4n) is 4.02. The van der Waals surface area contributed by atoms with Gasteiger partial charge in [0.2, 0.25) is 0 Å². The third-order valence-corrected chi connectivity index (χ3v) is 5.77. The molecular weight excluding hydrogens is 496 g/mol. The van der Waals surface area contributed by atoms with Gasteiger partial charge in [-0.2, -0.15) is 0 Å². The first-order valence-electron chi connectivity index (χ1n) is 10.9. The first-order chi connectivity index (χ1) is 14.1. The van der Waals surface area contributed by atoms with Gasteiger partial charge in [0.05, 0.1) is 19.3 Å². The lowest BCUT2D eigenvalue weighted by Crippen LogP contribution is -2.47. The fraction of sp³-hybridized carbons (Fsp3) is 0.682. The maximum absolute atomic E-state index is 13.4. The van der Waals surface area contributed by atoms with Gasteiger partial charge in [-0.05, 0) is 44.4 Å². The van der Waals surface area contributed by atoms with E-state index in [1.165, 1.54) is 25.0 Å². The summed E-state index contributed by atoms with van der Waals surface area (Å²) in [6.45, 7) is 10.3. The summed E-state index contributed by atoms with van der Waals surface area (Å²) in [5.41, 5.74) is 1.11. The number of morpholine rings is 1. The summed E-state index contributed by atoms with van der Waals surface area (Å²) in [4.78, 5) is 9.35. The quantitative estimate of drug-likeness (QED) is 0.291. The van der Waals surface area contributed by atoms with E-state index in [0.717, 1.165) is 57.0 Å². The topological polar surface area (TPSA) is 52.1 Å². The summed E-state index contributed by atoms with van der Waals surface area (Å²) in [6.07, 6.45) is 2.65. The molecule has 1 aliphatic carbocycles.